The predicted molar refractivity (Wildman–Crippen MR) is 77.6 cm³/mol. The number of esters is 1. The van der Waals surface area contributed by atoms with E-state index in [1.165, 1.54) is 0 Å². The maximum atomic E-state index is 12.2. The van der Waals surface area contributed by atoms with Crippen molar-refractivity contribution in [1.82, 2.24) is 14.5 Å². The van der Waals surface area contributed by atoms with E-state index in [0.717, 1.165) is 11.0 Å². The van der Waals surface area contributed by atoms with E-state index in [4.69, 9.17) is 4.74 Å². The average molecular weight is 275 g/mol. The number of carbonyl (C=O) groups excluding carboxylic acids is 1. The Kier molecular flexibility index (Phi) is 3.79. The Hall–Kier alpha value is -1.91. The van der Waals surface area contributed by atoms with Crippen LogP contribution in [0.3, 0.4) is 0 Å². The second-order valence-corrected chi connectivity index (χ2v) is 5.61. The monoisotopic (exact) mass is 275 g/mol. The summed E-state index contributed by atoms with van der Waals surface area (Å²) < 4.78 is 7.26. The molecule has 0 aromatic carbocycles. The maximum Gasteiger partial charge on any atom is 0.319 e. The highest BCUT2D eigenvalue weighted by molar-refractivity contribution is 5.84. The van der Waals surface area contributed by atoms with Crippen LogP contribution >= 0.6 is 0 Å². The van der Waals surface area contributed by atoms with Crippen molar-refractivity contribution in [1.29, 1.82) is 0 Å². The molecule has 5 heteroatoms. The first kappa shape index (κ1) is 14.5. The molecule has 0 bridgehead atoms. The van der Waals surface area contributed by atoms with E-state index in [1.54, 1.807) is 12.4 Å². The quantitative estimate of drug-likeness (QED) is 0.805. The van der Waals surface area contributed by atoms with Crippen LogP contribution in [0.1, 0.15) is 46.5 Å². The van der Waals surface area contributed by atoms with E-state index < -0.39 is 5.41 Å². The highest BCUT2D eigenvalue weighted by Crippen LogP contribution is 2.30. The molecular weight excluding hydrogens is 254 g/mol. The minimum atomic E-state index is -0.792. The Labute approximate surface area is 119 Å². The van der Waals surface area contributed by atoms with E-state index in [2.05, 4.69) is 28.4 Å². The third-order valence-electron chi connectivity index (χ3n) is 3.35. The molecule has 2 heterocycles. The molecule has 0 spiro atoms. The maximum absolute atomic E-state index is 12.2. The smallest absolute Gasteiger partial charge is 0.319 e. The number of ether oxygens (including phenoxy) is 1. The number of aromatic nitrogens is 3. The molecule has 0 amide bonds. The Balaban J connectivity index is 2.64. The van der Waals surface area contributed by atoms with Crippen LogP contribution in [-0.4, -0.2) is 27.1 Å². The van der Waals surface area contributed by atoms with Gasteiger partial charge in [0.2, 0.25) is 0 Å². The summed E-state index contributed by atoms with van der Waals surface area (Å²) in [5, 5.41) is 0. The van der Waals surface area contributed by atoms with E-state index in [0.29, 0.717) is 12.4 Å². The highest BCUT2D eigenvalue weighted by atomic mass is 16.5. The Morgan fingerprint density at radius 3 is 2.75 bits per heavy atom. The van der Waals surface area contributed by atoms with Gasteiger partial charge in [-0.2, -0.15) is 0 Å². The summed E-state index contributed by atoms with van der Waals surface area (Å²) in [6.07, 6.45) is 3.46. The van der Waals surface area contributed by atoms with Crippen LogP contribution in [0.15, 0.2) is 18.5 Å². The van der Waals surface area contributed by atoms with Gasteiger partial charge in [0.1, 0.15) is 16.8 Å². The number of hydrogen-bond donors (Lipinski definition) is 0. The lowest BCUT2D eigenvalue weighted by Crippen LogP contribution is -2.34. The van der Waals surface area contributed by atoms with E-state index >= 15 is 0 Å². The molecule has 0 N–H and O–H groups in total. The topological polar surface area (TPSA) is 57.0 Å². The van der Waals surface area contributed by atoms with Crippen molar-refractivity contribution in [2.75, 3.05) is 6.61 Å². The average Bonchev–Trinajstić information content (AvgIpc) is 2.79. The molecule has 0 aliphatic heterocycles. The zero-order valence-electron chi connectivity index (χ0n) is 12.7. The third kappa shape index (κ3) is 2.28. The number of fused-ring (bicyclic) bond motifs is 1. The van der Waals surface area contributed by atoms with Gasteiger partial charge in [0.05, 0.1) is 18.3 Å². The van der Waals surface area contributed by atoms with Gasteiger partial charge in [0, 0.05) is 12.2 Å². The third-order valence-corrected chi connectivity index (χ3v) is 3.35. The summed E-state index contributed by atoms with van der Waals surface area (Å²) in [4.78, 5) is 20.9. The number of hydrogen-bond acceptors (Lipinski definition) is 4. The lowest BCUT2D eigenvalue weighted by Gasteiger charge is -2.24. The van der Waals surface area contributed by atoms with Gasteiger partial charge in [0.25, 0.3) is 0 Å². The summed E-state index contributed by atoms with van der Waals surface area (Å²) in [6.45, 7) is 10.0. The second kappa shape index (κ2) is 5.23. The fraction of sp³-hybridized carbons (Fsp3) is 0.533. The van der Waals surface area contributed by atoms with Crippen molar-refractivity contribution in [3.63, 3.8) is 0 Å². The molecule has 108 valence electrons. The standard InChI is InChI=1S/C15H21N3O2/c1-6-20-14(19)15(4,5)13-17-11-9-16-8-7-12(11)18(13)10(2)3/h7-10H,6H2,1-5H3. The molecule has 0 saturated heterocycles. The Morgan fingerprint density at radius 2 is 2.15 bits per heavy atom. The zero-order chi connectivity index (χ0) is 14.9. The fourth-order valence-electron chi connectivity index (χ4n) is 2.32. The molecule has 0 unspecified atom stereocenters. The summed E-state index contributed by atoms with van der Waals surface area (Å²) in [5.74, 6) is 0.458. The van der Waals surface area contributed by atoms with E-state index in [-0.39, 0.29) is 12.0 Å². The molecule has 0 aliphatic rings. The van der Waals surface area contributed by atoms with Gasteiger partial charge in [-0.25, -0.2) is 4.98 Å². The van der Waals surface area contributed by atoms with Crippen molar-refractivity contribution in [2.45, 2.75) is 46.1 Å². The number of nitrogens with zero attached hydrogens (tertiary/aromatic N) is 3. The van der Waals surface area contributed by atoms with Gasteiger partial charge in [-0.3, -0.25) is 9.78 Å². The molecule has 2 rings (SSSR count). The molecule has 0 fully saturated rings. The molecule has 5 nitrogen and oxygen atoms in total. The fourth-order valence-corrected chi connectivity index (χ4v) is 2.32. The molecule has 0 aliphatic carbocycles. The van der Waals surface area contributed by atoms with Gasteiger partial charge >= 0.3 is 5.97 Å². The normalized spacial score (nSPS) is 12.1. The van der Waals surface area contributed by atoms with Crippen molar-refractivity contribution >= 4 is 17.0 Å². The summed E-state index contributed by atoms with van der Waals surface area (Å²) in [7, 11) is 0. The summed E-state index contributed by atoms with van der Waals surface area (Å²) in [5.41, 5.74) is 0.996. The van der Waals surface area contributed by atoms with Crippen LogP contribution in [0.5, 0.6) is 0 Å². The Bertz CT molecular complexity index is 629. The van der Waals surface area contributed by atoms with Gasteiger partial charge in [0.15, 0.2) is 0 Å². The van der Waals surface area contributed by atoms with Gasteiger partial charge < -0.3 is 9.30 Å². The Morgan fingerprint density at radius 1 is 1.45 bits per heavy atom. The van der Waals surface area contributed by atoms with Crippen LogP contribution in [0.2, 0.25) is 0 Å². The lowest BCUT2D eigenvalue weighted by atomic mass is 9.92. The molecule has 2 aromatic heterocycles. The minimum absolute atomic E-state index is 0.200. The minimum Gasteiger partial charge on any atom is -0.465 e. The zero-order valence-corrected chi connectivity index (χ0v) is 12.7. The van der Waals surface area contributed by atoms with E-state index in [9.17, 15) is 4.79 Å². The SMILES string of the molecule is CCOC(=O)C(C)(C)c1nc2cnccc2n1C(C)C. The number of pyridine rings is 1. The second-order valence-electron chi connectivity index (χ2n) is 5.61. The largest absolute Gasteiger partial charge is 0.465 e. The van der Waals surface area contributed by atoms with E-state index in [1.807, 2.05) is 26.8 Å². The lowest BCUT2D eigenvalue weighted by molar-refractivity contribution is -0.149. The van der Waals surface area contributed by atoms with Crippen LogP contribution < -0.4 is 0 Å². The van der Waals surface area contributed by atoms with Crippen LogP contribution in [0.25, 0.3) is 11.0 Å². The number of imidazole rings is 1. The summed E-state index contributed by atoms with van der Waals surface area (Å²) in [6, 6.07) is 2.12. The van der Waals surface area contributed by atoms with Crippen LogP contribution in [0, 0.1) is 0 Å². The van der Waals surface area contributed by atoms with Crippen LogP contribution in [-0.2, 0) is 14.9 Å². The number of carbonyl (C=O) groups is 1. The van der Waals surface area contributed by atoms with Gasteiger partial charge in [-0.05, 0) is 40.7 Å². The van der Waals surface area contributed by atoms with Gasteiger partial charge in [-0.15, -0.1) is 0 Å². The molecule has 2 aromatic rings. The van der Waals surface area contributed by atoms with Crippen LogP contribution in [0.4, 0.5) is 0 Å². The van der Waals surface area contributed by atoms with Crippen molar-refractivity contribution in [3.05, 3.63) is 24.3 Å². The summed E-state index contributed by atoms with van der Waals surface area (Å²) >= 11 is 0. The molecule has 0 saturated carbocycles. The molecular formula is C15H21N3O2. The van der Waals surface area contributed by atoms with Crippen molar-refractivity contribution in [2.24, 2.45) is 0 Å². The number of rotatable bonds is 4. The molecule has 20 heavy (non-hydrogen) atoms. The van der Waals surface area contributed by atoms with Crippen molar-refractivity contribution < 1.29 is 9.53 Å². The predicted octanol–water partition coefficient (Wildman–Crippen LogP) is 2.85. The molecule has 0 radical (unpaired) electrons. The first-order valence-corrected chi connectivity index (χ1v) is 6.89. The first-order chi connectivity index (χ1) is 9.39. The van der Waals surface area contributed by atoms with Crippen molar-refractivity contribution in [3.8, 4) is 0 Å². The first-order valence-electron chi connectivity index (χ1n) is 6.89. The highest BCUT2D eigenvalue weighted by Gasteiger charge is 2.37. The molecule has 0 atom stereocenters. The van der Waals surface area contributed by atoms with Gasteiger partial charge in [-0.1, -0.05) is 0 Å².